The summed E-state index contributed by atoms with van der Waals surface area (Å²) in [6.45, 7) is 1.49. The van der Waals surface area contributed by atoms with Crippen molar-refractivity contribution in [3.63, 3.8) is 0 Å². The Labute approximate surface area is 94.1 Å². The van der Waals surface area contributed by atoms with Crippen LogP contribution in [0.5, 0.6) is 0 Å². The number of aromatic carboxylic acids is 1. The molecule has 0 bridgehead atoms. The summed E-state index contributed by atoms with van der Waals surface area (Å²) in [5.41, 5.74) is 0.0931. The molecule has 0 aromatic heterocycles. The van der Waals surface area contributed by atoms with Gasteiger partial charge in [-0.25, -0.2) is 4.79 Å². The molecule has 1 rings (SSSR count). The van der Waals surface area contributed by atoms with Crippen LogP contribution in [-0.4, -0.2) is 19.5 Å². The Morgan fingerprint density at radius 1 is 1.47 bits per heavy atom. The lowest BCUT2D eigenvalue weighted by atomic mass is 10.1. The Hall–Kier alpha value is -0.950. The number of hydrogen-bond donors (Lipinski definition) is 1. The first-order valence-electron chi connectivity index (χ1n) is 3.71. The van der Waals surface area contributed by atoms with Crippen molar-refractivity contribution in [2.45, 2.75) is 11.8 Å². The van der Waals surface area contributed by atoms with Crippen molar-refractivity contribution >= 4 is 32.1 Å². The Bertz CT molecular complexity index is 524. The molecule has 1 N–H and O–H groups in total. The van der Waals surface area contributed by atoms with Gasteiger partial charge in [0.15, 0.2) is 0 Å². The van der Waals surface area contributed by atoms with E-state index in [1.807, 2.05) is 0 Å². The number of rotatable bonds is 2. The van der Waals surface area contributed by atoms with Crippen LogP contribution in [0.15, 0.2) is 21.5 Å². The van der Waals surface area contributed by atoms with Gasteiger partial charge in [0.05, 0.1) is 5.56 Å². The molecule has 0 atom stereocenters. The van der Waals surface area contributed by atoms with E-state index in [0.717, 1.165) is 12.1 Å². The van der Waals surface area contributed by atoms with Gasteiger partial charge in [0.2, 0.25) is 0 Å². The van der Waals surface area contributed by atoms with E-state index in [0.29, 0.717) is 5.56 Å². The van der Waals surface area contributed by atoms with Crippen molar-refractivity contribution in [1.82, 2.24) is 0 Å². The molecular formula is C8H6BrFO4S. The second-order valence-electron chi connectivity index (χ2n) is 2.82. The fraction of sp³-hybridized carbons (Fsp3) is 0.125. The number of carbonyl (C=O) groups is 1. The smallest absolute Gasteiger partial charge is 0.336 e. The lowest BCUT2D eigenvalue weighted by Gasteiger charge is -2.05. The summed E-state index contributed by atoms with van der Waals surface area (Å²) in [5.74, 6) is -1.31. The monoisotopic (exact) mass is 296 g/mol. The number of hydrogen-bond acceptors (Lipinski definition) is 3. The molecule has 0 unspecified atom stereocenters. The van der Waals surface area contributed by atoms with Crippen LogP contribution in [0.1, 0.15) is 15.9 Å². The first-order valence-corrected chi connectivity index (χ1v) is 5.89. The molecular weight excluding hydrogens is 291 g/mol. The Kier molecular flexibility index (Phi) is 3.15. The summed E-state index contributed by atoms with van der Waals surface area (Å²) in [4.78, 5) is 10.0. The minimum Gasteiger partial charge on any atom is -0.478 e. The molecule has 4 nitrogen and oxygen atoms in total. The molecule has 15 heavy (non-hydrogen) atoms. The summed E-state index contributed by atoms with van der Waals surface area (Å²) >= 11 is 2.96. The minimum absolute atomic E-state index is 0.235. The average molecular weight is 297 g/mol. The highest BCUT2D eigenvalue weighted by Crippen LogP contribution is 2.25. The van der Waals surface area contributed by atoms with Crippen molar-refractivity contribution in [1.29, 1.82) is 0 Å². The van der Waals surface area contributed by atoms with Gasteiger partial charge < -0.3 is 5.11 Å². The normalized spacial score (nSPS) is 11.4. The van der Waals surface area contributed by atoms with Gasteiger partial charge >= 0.3 is 16.2 Å². The van der Waals surface area contributed by atoms with E-state index in [1.54, 1.807) is 0 Å². The van der Waals surface area contributed by atoms with Crippen LogP contribution in [0.4, 0.5) is 3.89 Å². The summed E-state index contributed by atoms with van der Waals surface area (Å²) in [5, 5.41) is 8.74. The molecule has 0 spiro atoms. The predicted octanol–water partition coefficient (Wildman–Crippen LogP) is 2.11. The molecule has 7 heteroatoms. The van der Waals surface area contributed by atoms with Gasteiger partial charge in [0, 0.05) is 4.47 Å². The lowest BCUT2D eigenvalue weighted by molar-refractivity contribution is 0.0695. The molecule has 0 aliphatic rings. The average Bonchev–Trinajstić information content (AvgIpc) is 2.06. The Morgan fingerprint density at radius 3 is 2.40 bits per heavy atom. The summed E-state index contributed by atoms with van der Waals surface area (Å²) in [7, 11) is -4.89. The Balaban J connectivity index is 3.57. The third-order valence-electron chi connectivity index (χ3n) is 1.83. The van der Waals surface area contributed by atoms with Crippen molar-refractivity contribution in [2.75, 3.05) is 0 Å². The van der Waals surface area contributed by atoms with Gasteiger partial charge in [0.1, 0.15) is 4.90 Å². The molecule has 0 aliphatic carbocycles. The van der Waals surface area contributed by atoms with Crippen LogP contribution < -0.4 is 0 Å². The molecule has 82 valence electrons. The van der Waals surface area contributed by atoms with E-state index in [-0.39, 0.29) is 10.0 Å². The van der Waals surface area contributed by atoms with E-state index in [4.69, 9.17) is 5.11 Å². The van der Waals surface area contributed by atoms with Crippen LogP contribution in [0, 0.1) is 6.92 Å². The van der Waals surface area contributed by atoms with Gasteiger partial charge in [-0.1, -0.05) is 15.9 Å². The fourth-order valence-corrected chi connectivity index (χ4v) is 2.15. The van der Waals surface area contributed by atoms with E-state index < -0.39 is 21.1 Å². The highest BCUT2D eigenvalue weighted by Gasteiger charge is 2.18. The van der Waals surface area contributed by atoms with Crippen molar-refractivity contribution in [3.05, 3.63) is 27.7 Å². The van der Waals surface area contributed by atoms with Gasteiger partial charge in [-0.15, -0.1) is 3.89 Å². The van der Waals surface area contributed by atoms with Crippen molar-refractivity contribution in [3.8, 4) is 0 Å². The molecule has 0 radical (unpaired) electrons. The van der Waals surface area contributed by atoms with Gasteiger partial charge in [0.25, 0.3) is 0 Å². The number of carboxylic acid groups (broad SMARTS) is 1. The van der Waals surface area contributed by atoms with Gasteiger partial charge in [-0.3, -0.25) is 0 Å². The third kappa shape index (κ3) is 2.54. The van der Waals surface area contributed by atoms with Crippen LogP contribution in [0.25, 0.3) is 0 Å². The van der Waals surface area contributed by atoms with E-state index in [1.165, 1.54) is 6.92 Å². The van der Waals surface area contributed by atoms with Crippen LogP contribution in [-0.2, 0) is 10.2 Å². The molecule has 0 amide bonds. The molecule has 0 saturated heterocycles. The maximum absolute atomic E-state index is 12.6. The van der Waals surface area contributed by atoms with Crippen LogP contribution in [0.2, 0.25) is 0 Å². The largest absolute Gasteiger partial charge is 0.478 e. The maximum atomic E-state index is 12.6. The van der Waals surface area contributed by atoms with Crippen LogP contribution >= 0.6 is 15.9 Å². The topological polar surface area (TPSA) is 71.4 Å². The number of carboxylic acids is 1. The quantitative estimate of drug-likeness (QED) is 0.849. The second-order valence-corrected chi connectivity index (χ2v) is 5.02. The highest BCUT2D eigenvalue weighted by molar-refractivity contribution is 9.10. The first kappa shape index (κ1) is 12.1. The molecule has 0 fully saturated rings. The molecule has 0 heterocycles. The summed E-state index contributed by atoms with van der Waals surface area (Å²) < 4.78 is 34.1. The van der Waals surface area contributed by atoms with Gasteiger partial charge in [-0.2, -0.15) is 8.42 Å². The zero-order chi connectivity index (χ0) is 11.8. The van der Waals surface area contributed by atoms with Crippen molar-refractivity contribution in [2.24, 2.45) is 0 Å². The maximum Gasteiger partial charge on any atom is 0.336 e. The predicted molar refractivity (Wildman–Crippen MR) is 54.1 cm³/mol. The second kappa shape index (κ2) is 3.90. The van der Waals surface area contributed by atoms with E-state index in [9.17, 15) is 17.1 Å². The summed E-state index contributed by atoms with van der Waals surface area (Å²) in [6, 6.07) is 1.81. The van der Waals surface area contributed by atoms with Crippen molar-refractivity contribution < 1.29 is 22.2 Å². The number of halogens is 2. The third-order valence-corrected chi connectivity index (χ3v) is 3.45. The summed E-state index contributed by atoms with van der Waals surface area (Å²) in [6.07, 6.45) is 0. The zero-order valence-corrected chi connectivity index (χ0v) is 9.89. The van der Waals surface area contributed by atoms with E-state index in [2.05, 4.69) is 15.9 Å². The molecule has 0 aliphatic heterocycles. The fourth-order valence-electron chi connectivity index (χ4n) is 1.02. The number of benzene rings is 1. The zero-order valence-electron chi connectivity index (χ0n) is 7.49. The van der Waals surface area contributed by atoms with Crippen LogP contribution in [0.3, 0.4) is 0 Å². The molecule has 1 aromatic rings. The molecule has 0 saturated carbocycles. The SMILES string of the molecule is Cc1c(Br)cc(S(=O)(=O)F)cc1C(=O)O. The molecule has 1 aromatic carbocycles. The first-order chi connectivity index (χ1) is 6.73. The highest BCUT2D eigenvalue weighted by atomic mass is 79.9. The van der Waals surface area contributed by atoms with E-state index >= 15 is 0 Å². The standard InChI is InChI=1S/C8H6BrFO4S/c1-4-6(8(11)12)2-5(3-7(4)9)15(10,13)14/h2-3H,1H3,(H,11,12). The lowest BCUT2D eigenvalue weighted by Crippen LogP contribution is -2.03. The Morgan fingerprint density at radius 2 is 2.00 bits per heavy atom. The minimum atomic E-state index is -4.89. The van der Waals surface area contributed by atoms with Gasteiger partial charge in [-0.05, 0) is 24.6 Å².